The number of benzene rings is 1. The molecule has 0 unspecified atom stereocenters. The monoisotopic (exact) mass is 457 g/mol. The smallest absolute Gasteiger partial charge is 0.231 e. The third-order valence-corrected chi connectivity index (χ3v) is 7.82. The van der Waals surface area contributed by atoms with Gasteiger partial charge in [-0.25, -0.2) is 0 Å². The third-order valence-electron chi connectivity index (χ3n) is 7.57. The van der Waals surface area contributed by atoms with Crippen LogP contribution in [0.1, 0.15) is 44.1 Å². The average molecular weight is 458 g/mol. The van der Waals surface area contributed by atoms with Gasteiger partial charge >= 0.3 is 0 Å². The van der Waals surface area contributed by atoms with Crippen molar-refractivity contribution < 1.29 is 4.79 Å². The van der Waals surface area contributed by atoms with Gasteiger partial charge in [-0.15, -0.1) is 0 Å². The van der Waals surface area contributed by atoms with Crippen molar-refractivity contribution in [3.63, 3.8) is 0 Å². The number of carbonyl (C=O) groups is 1. The van der Waals surface area contributed by atoms with Crippen molar-refractivity contribution in [2.75, 3.05) is 46.8 Å². The summed E-state index contributed by atoms with van der Waals surface area (Å²) in [7, 11) is 4.08. The van der Waals surface area contributed by atoms with Gasteiger partial charge in [-0.3, -0.25) is 10.2 Å². The first-order valence-electron chi connectivity index (χ1n) is 11.9. The van der Waals surface area contributed by atoms with Gasteiger partial charge in [0.15, 0.2) is 0 Å². The van der Waals surface area contributed by atoms with Gasteiger partial charge in [-0.05, 0) is 62.9 Å². The van der Waals surface area contributed by atoms with Crippen molar-refractivity contribution in [1.29, 1.82) is 5.41 Å². The normalized spacial score (nSPS) is 25.4. The highest BCUT2D eigenvalue weighted by Crippen LogP contribution is 2.34. The number of amidine groups is 1. The van der Waals surface area contributed by atoms with E-state index in [2.05, 4.69) is 29.1 Å². The minimum absolute atomic E-state index is 0.167. The number of hydrogen-bond donors (Lipinski definition) is 2. The van der Waals surface area contributed by atoms with Crippen LogP contribution in [0.5, 0.6) is 0 Å². The Kier molecular flexibility index (Phi) is 7.11. The number of halogens is 1. The van der Waals surface area contributed by atoms with Crippen LogP contribution in [0.4, 0.5) is 0 Å². The number of nitrogens with one attached hydrogen (secondary N) is 2. The predicted molar refractivity (Wildman–Crippen MR) is 130 cm³/mol. The molecule has 2 aliphatic heterocycles. The summed E-state index contributed by atoms with van der Waals surface area (Å²) in [5.41, 5.74) is 3.41. The lowest BCUT2D eigenvalue weighted by Crippen LogP contribution is -2.53. The van der Waals surface area contributed by atoms with E-state index in [0.717, 1.165) is 43.4 Å². The fourth-order valence-electron chi connectivity index (χ4n) is 5.65. The van der Waals surface area contributed by atoms with Crippen LogP contribution in [0, 0.1) is 11.3 Å². The topological polar surface area (TPSA) is 62.7 Å². The van der Waals surface area contributed by atoms with Gasteiger partial charge in [0.05, 0.1) is 5.92 Å². The van der Waals surface area contributed by atoms with Gasteiger partial charge in [0.2, 0.25) is 5.91 Å². The number of rotatable bonds is 5. The summed E-state index contributed by atoms with van der Waals surface area (Å²) in [6.45, 7) is 6.00. The van der Waals surface area contributed by atoms with Gasteiger partial charge in [-0.2, -0.15) is 0 Å². The molecule has 2 saturated heterocycles. The van der Waals surface area contributed by atoms with Crippen LogP contribution in [0.2, 0.25) is 5.02 Å². The number of amides is 1. The summed E-state index contributed by atoms with van der Waals surface area (Å²) in [5.74, 6) is 1.09. The lowest BCUT2D eigenvalue weighted by atomic mass is 9.88. The average Bonchev–Trinajstić information content (AvgIpc) is 3.40. The highest BCUT2D eigenvalue weighted by molar-refractivity contribution is 6.30. The SMILES string of the molecule is CNC1=C(C(=N)N2CCN(C(=O)[C@@H](c3ccc(Cl)cc3)[C@@H]3CCCN3C)CC2)[C@H](C)CC1. The molecule has 3 aliphatic rings. The van der Waals surface area contributed by atoms with Crippen LogP contribution in [-0.2, 0) is 4.79 Å². The van der Waals surface area contributed by atoms with Gasteiger partial charge in [-0.1, -0.05) is 30.7 Å². The lowest BCUT2D eigenvalue weighted by Gasteiger charge is -2.40. The fraction of sp³-hybridized carbons (Fsp3) is 0.600. The van der Waals surface area contributed by atoms with E-state index in [1.165, 1.54) is 5.70 Å². The zero-order valence-corrected chi connectivity index (χ0v) is 20.3. The number of likely N-dealkylation sites (N-methyl/N-ethyl adjacent to an activating group) is 1. The van der Waals surface area contributed by atoms with Crippen LogP contribution in [-0.4, -0.2) is 79.3 Å². The Morgan fingerprint density at radius 2 is 1.75 bits per heavy atom. The summed E-state index contributed by atoms with van der Waals surface area (Å²) in [6.07, 6.45) is 4.29. The van der Waals surface area contributed by atoms with Gasteiger partial charge in [0.1, 0.15) is 5.84 Å². The van der Waals surface area contributed by atoms with Crippen LogP contribution in [0.15, 0.2) is 35.5 Å². The number of hydrogen-bond acceptors (Lipinski definition) is 4. The van der Waals surface area contributed by atoms with Crippen molar-refractivity contribution in [2.45, 2.75) is 44.6 Å². The Morgan fingerprint density at radius 3 is 2.34 bits per heavy atom. The van der Waals surface area contributed by atoms with Gasteiger partial charge in [0.25, 0.3) is 0 Å². The van der Waals surface area contributed by atoms with Crippen molar-refractivity contribution >= 4 is 23.3 Å². The fourth-order valence-corrected chi connectivity index (χ4v) is 5.77. The quantitative estimate of drug-likeness (QED) is 0.524. The number of piperazine rings is 1. The maximum Gasteiger partial charge on any atom is 0.231 e. The second kappa shape index (κ2) is 9.84. The van der Waals surface area contributed by atoms with Crippen LogP contribution < -0.4 is 5.32 Å². The van der Waals surface area contributed by atoms with E-state index >= 15 is 0 Å². The molecule has 2 N–H and O–H groups in total. The highest BCUT2D eigenvalue weighted by Gasteiger charge is 2.39. The Labute approximate surface area is 197 Å². The zero-order chi connectivity index (χ0) is 22.8. The summed E-state index contributed by atoms with van der Waals surface area (Å²) < 4.78 is 0. The van der Waals surface area contributed by atoms with Crippen molar-refractivity contribution in [2.24, 2.45) is 5.92 Å². The minimum atomic E-state index is -0.167. The van der Waals surface area contributed by atoms with E-state index in [1.807, 2.05) is 36.2 Å². The number of allylic oxidation sites excluding steroid dienone is 1. The molecule has 0 spiro atoms. The number of likely N-dealkylation sites (tertiary alicyclic amines) is 1. The summed E-state index contributed by atoms with van der Waals surface area (Å²) in [6, 6.07) is 8.03. The lowest BCUT2D eigenvalue weighted by molar-refractivity contribution is -0.135. The molecule has 1 aromatic carbocycles. The van der Waals surface area contributed by atoms with Crippen molar-refractivity contribution in [1.82, 2.24) is 20.0 Å². The van der Waals surface area contributed by atoms with Crippen molar-refractivity contribution in [3.05, 3.63) is 46.1 Å². The number of carbonyl (C=O) groups excluding carboxylic acids is 1. The van der Waals surface area contributed by atoms with E-state index in [-0.39, 0.29) is 17.9 Å². The molecule has 1 aliphatic carbocycles. The molecular formula is C25H36ClN5O. The van der Waals surface area contributed by atoms with E-state index in [9.17, 15) is 4.79 Å². The summed E-state index contributed by atoms with van der Waals surface area (Å²) in [4.78, 5) is 20.3. The van der Waals surface area contributed by atoms with E-state index in [4.69, 9.17) is 17.0 Å². The van der Waals surface area contributed by atoms with Crippen LogP contribution in [0.25, 0.3) is 0 Å². The molecule has 2 heterocycles. The van der Waals surface area contributed by atoms with E-state index < -0.39 is 0 Å². The van der Waals surface area contributed by atoms with Crippen LogP contribution >= 0.6 is 11.6 Å². The minimum Gasteiger partial charge on any atom is -0.391 e. The molecule has 1 aromatic rings. The first-order valence-corrected chi connectivity index (χ1v) is 12.3. The van der Waals surface area contributed by atoms with E-state index in [0.29, 0.717) is 43.0 Å². The van der Waals surface area contributed by atoms with Crippen molar-refractivity contribution in [3.8, 4) is 0 Å². The standard InChI is InChI=1S/C25H36ClN5O/c1-17-6-11-20(28-2)22(17)24(27)30-13-15-31(16-14-30)25(32)23(21-5-4-12-29(21)3)18-7-9-19(26)10-8-18/h7-10,17,21,23,27-28H,4-6,11-16H2,1-3H3/t17-,21+,23+/m1/s1. The molecule has 2 fully saturated rings. The first-order chi connectivity index (χ1) is 15.4. The largest absolute Gasteiger partial charge is 0.391 e. The summed E-state index contributed by atoms with van der Waals surface area (Å²) in [5, 5.41) is 12.8. The molecule has 0 radical (unpaired) electrons. The Bertz CT molecular complexity index is 875. The molecule has 0 aromatic heterocycles. The van der Waals surface area contributed by atoms with Gasteiger partial charge in [0, 0.05) is 55.6 Å². The van der Waals surface area contributed by atoms with E-state index in [1.54, 1.807) is 0 Å². The molecule has 4 rings (SSSR count). The second-order valence-electron chi connectivity index (χ2n) is 9.46. The molecule has 174 valence electrons. The molecule has 1 amide bonds. The highest BCUT2D eigenvalue weighted by atomic mass is 35.5. The first kappa shape index (κ1) is 23.1. The molecule has 0 bridgehead atoms. The molecular weight excluding hydrogens is 422 g/mol. The zero-order valence-electron chi connectivity index (χ0n) is 19.5. The molecule has 0 saturated carbocycles. The molecule has 32 heavy (non-hydrogen) atoms. The maximum absolute atomic E-state index is 13.8. The van der Waals surface area contributed by atoms with Crippen LogP contribution in [0.3, 0.4) is 0 Å². The number of nitrogens with zero attached hydrogens (tertiary/aromatic N) is 3. The van der Waals surface area contributed by atoms with Gasteiger partial charge < -0.3 is 20.0 Å². The summed E-state index contributed by atoms with van der Waals surface area (Å²) >= 11 is 6.12. The molecule has 3 atom stereocenters. The Balaban J connectivity index is 1.47. The Morgan fingerprint density at radius 1 is 1.09 bits per heavy atom. The predicted octanol–water partition coefficient (Wildman–Crippen LogP) is 3.54. The maximum atomic E-state index is 13.8. The molecule has 7 heteroatoms. The Hall–Kier alpha value is -2.05. The molecule has 6 nitrogen and oxygen atoms in total. The third kappa shape index (κ3) is 4.53. The second-order valence-corrected chi connectivity index (χ2v) is 9.90.